The Morgan fingerprint density at radius 3 is 2.67 bits per heavy atom. The SMILES string of the molecule is O=C1NCCC/C1=C\c1ccc(Br)cc1. The van der Waals surface area contributed by atoms with Crippen molar-refractivity contribution in [1.82, 2.24) is 5.32 Å². The average molecular weight is 266 g/mol. The molecule has 78 valence electrons. The first-order valence-electron chi connectivity index (χ1n) is 5.00. The molecule has 1 aliphatic heterocycles. The normalized spacial score (nSPS) is 19.0. The van der Waals surface area contributed by atoms with Crippen LogP contribution in [-0.2, 0) is 4.79 Å². The van der Waals surface area contributed by atoms with Crippen LogP contribution >= 0.6 is 15.9 Å². The van der Waals surface area contributed by atoms with Gasteiger partial charge in [0.05, 0.1) is 0 Å². The molecule has 0 radical (unpaired) electrons. The van der Waals surface area contributed by atoms with Crippen LogP contribution in [0.5, 0.6) is 0 Å². The lowest BCUT2D eigenvalue weighted by atomic mass is 10.0. The van der Waals surface area contributed by atoms with Crippen LogP contribution < -0.4 is 5.32 Å². The second kappa shape index (κ2) is 4.62. The number of hydrogen-bond donors (Lipinski definition) is 1. The lowest BCUT2D eigenvalue weighted by Gasteiger charge is -2.14. The minimum atomic E-state index is 0.0733. The van der Waals surface area contributed by atoms with E-state index in [1.165, 1.54) is 0 Å². The van der Waals surface area contributed by atoms with E-state index in [1.54, 1.807) is 0 Å². The molecule has 0 spiro atoms. The van der Waals surface area contributed by atoms with Gasteiger partial charge in [0.15, 0.2) is 0 Å². The number of piperidine rings is 1. The van der Waals surface area contributed by atoms with E-state index < -0.39 is 0 Å². The van der Waals surface area contributed by atoms with Gasteiger partial charge in [-0.15, -0.1) is 0 Å². The Bertz CT molecular complexity index is 395. The maximum atomic E-state index is 11.5. The van der Waals surface area contributed by atoms with Gasteiger partial charge in [-0.25, -0.2) is 0 Å². The predicted octanol–water partition coefficient (Wildman–Crippen LogP) is 2.74. The summed E-state index contributed by atoms with van der Waals surface area (Å²) >= 11 is 3.38. The molecule has 3 heteroatoms. The molecule has 0 unspecified atom stereocenters. The molecule has 2 rings (SSSR count). The first-order chi connectivity index (χ1) is 7.25. The van der Waals surface area contributed by atoms with E-state index in [1.807, 2.05) is 30.3 Å². The van der Waals surface area contributed by atoms with Crippen LogP contribution in [0.2, 0.25) is 0 Å². The third-order valence-corrected chi connectivity index (χ3v) is 2.94. The maximum Gasteiger partial charge on any atom is 0.247 e. The monoisotopic (exact) mass is 265 g/mol. The molecular weight excluding hydrogens is 254 g/mol. The number of nitrogens with one attached hydrogen (secondary N) is 1. The summed E-state index contributed by atoms with van der Waals surface area (Å²) in [7, 11) is 0. The lowest BCUT2D eigenvalue weighted by Crippen LogP contribution is -2.30. The van der Waals surface area contributed by atoms with Crippen molar-refractivity contribution in [1.29, 1.82) is 0 Å². The highest BCUT2D eigenvalue weighted by molar-refractivity contribution is 9.10. The molecule has 0 saturated carbocycles. The van der Waals surface area contributed by atoms with Gasteiger partial charge in [-0.2, -0.15) is 0 Å². The van der Waals surface area contributed by atoms with Crippen molar-refractivity contribution in [3.05, 3.63) is 39.9 Å². The smallest absolute Gasteiger partial charge is 0.247 e. The number of carbonyl (C=O) groups is 1. The van der Waals surface area contributed by atoms with E-state index in [-0.39, 0.29) is 5.91 Å². The molecule has 0 aromatic heterocycles. The molecular formula is C12H12BrNO. The minimum absolute atomic E-state index is 0.0733. The topological polar surface area (TPSA) is 29.1 Å². The summed E-state index contributed by atoms with van der Waals surface area (Å²) in [6, 6.07) is 7.96. The zero-order chi connectivity index (χ0) is 10.7. The van der Waals surface area contributed by atoms with Crippen LogP contribution in [0.3, 0.4) is 0 Å². The fourth-order valence-electron chi connectivity index (χ4n) is 1.61. The summed E-state index contributed by atoms with van der Waals surface area (Å²) in [5.41, 5.74) is 1.95. The Labute approximate surface area is 97.5 Å². The first kappa shape index (κ1) is 10.4. The van der Waals surface area contributed by atoms with E-state index in [9.17, 15) is 4.79 Å². The molecule has 0 atom stereocenters. The van der Waals surface area contributed by atoms with Gasteiger partial charge in [-0.3, -0.25) is 4.79 Å². The maximum absolute atomic E-state index is 11.5. The van der Waals surface area contributed by atoms with Gasteiger partial charge >= 0.3 is 0 Å². The summed E-state index contributed by atoms with van der Waals surface area (Å²) in [6.45, 7) is 0.802. The van der Waals surface area contributed by atoms with Crippen molar-refractivity contribution >= 4 is 27.9 Å². The summed E-state index contributed by atoms with van der Waals surface area (Å²) in [5, 5.41) is 2.85. The fraction of sp³-hybridized carbons (Fsp3) is 0.250. The second-order valence-corrected chi connectivity index (χ2v) is 4.50. The number of benzene rings is 1. The molecule has 1 amide bonds. The van der Waals surface area contributed by atoms with E-state index in [2.05, 4.69) is 21.2 Å². The number of rotatable bonds is 1. The summed E-state index contributed by atoms with van der Waals surface area (Å²) in [4.78, 5) is 11.5. The van der Waals surface area contributed by atoms with E-state index in [4.69, 9.17) is 0 Å². The molecule has 1 saturated heterocycles. The first-order valence-corrected chi connectivity index (χ1v) is 5.79. The highest BCUT2D eigenvalue weighted by atomic mass is 79.9. The largest absolute Gasteiger partial charge is 0.352 e. The standard InChI is InChI=1S/C12H12BrNO/c13-11-5-3-9(4-6-11)8-10-2-1-7-14-12(10)15/h3-6,8H,1-2,7H2,(H,14,15)/b10-8+. The van der Waals surface area contributed by atoms with Gasteiger partial charge in [-0.1, -0.05) is 28.1 Å². The van der Waals surface area contributed by atoms with Gasteiger partial charge < -0.3 is 5.32 Å². The Morgan fingerprint density at radius 1 is 1.27 bits per heavy atom. The van der Waals surface area contributed by atoms with Gasteiger partial charge in [0.2, 0.25) is 5.91 Å². The van der Waals surface area contributed by atoms with E-state index in [0.717, 1.165) is 35.0 Å². The number of amides is 1. The minimum Gasteiger partial charge on any atom is -0.352 e. The van der Waals surface area contributed by atoms with Gasteiger partial charge in [0.1, 0.15) is 0 Å². The Kier molecular flexibility index (Phi) is 3.21. The molecule has 15 heavy (non-hydrogen) atoms. The van der Waals surface area contributed by atoms with Gasteiger partial charge in [0, 0.05) is 16.6 Å². The lowest BCUT2D eigenvalue weighted by molar-refractivity contribution is -0.118. The molecule has 1 aliphatic rings. The highest BCUT2D eigenvalue weighted by Crippen LogP contribution is 2.17. The average Bonchev–Trinajstić information content (AvgIpc) is 2.25. The molecule has 0 bridgehead atoms. The number of carbonyl (C=O) groups excluding carboxylic acids is 1. The fourth-order valence-corrected chi connectivity index (χ4v) is 1.87. The van der Waals surface area contributed by atoms with Crippen LogP contribution in [0.1, 0.15) is 18.4 Å². The third-order valence-electron chi connectivity index (χ3n) is 2.41. The van der Waals surface area contributed by atoms with E-state index >= 15 is 0 Å². The van der Waals surface area contributed by atoms with Crippen LogP contribution in [-0.4, -0.2) is 12.5 Å². The van der Waals surface area contributed by atoms with Crippen molar-refractivity contribution in [2.45, 2.75) is 12.8 Å². The molecule has 1 heterocycles. The van der Waals surface area contributed by atoms with Crippen LogP contribution in [0, 0.1) is 0 Å². The zero-order valence-electron chi connectivity index (χ0n) is 8.29. The summed E-state index contributed by atoms with van der Waals surface area (Å²) in [6.07, 6.45) is 3.87. The quantitative estimate of drug-likeness (QED) is 0.778. The highest BCUT2D eigenvalue weighted by Gasteiger charge is 2.13. The summed E-state index contributed by atoms with van der Waals surface area (Å²) in [5.74, 6) is 0.0733. The van der Waals surface area contributed by atoms with Crippen molar-refractivity contribution in [2.75, 3.05) is 6.54 Å². The Balaban J connectivity index is 2.21. The molecule has 2 nitrogen and oxygen atoms in total. The van der Waals surface area contributed by atoms with Gasteiger partial charge in [-0.05, 0) is 36.6 Å². The molecule has 1 aromatic carbocycles. The van der Waals surface area contributed by atoms with Crippen molar-refractivity contribution in [2.24, 2.45) is 0 Å². The predicted molar refractivity (Wildman–Crippen MR) is 64.4 cm³/mol. The van der Waals surface area contributed by atoms with Crippen molar-refractivity contribution in [3.8, 4) is 0 Å². The third kappa shape index (κ3) is 2.69. The van der Waals surface area contributed by atoms with Crippen molar-refractivity contribution in [3.63, 3.8) is 0 Å². The number of hydrogen-bond acceptors (Lipinski definition) is 1. The molecule has 1 fully saturated rings. The summed E-state index contributed by atoms with van der Waals surface area (Å²) < 4.78 is 1.05. The van der Waals surface area contributed by atoms with Crippen LogP contribution in [0.4, 0.5) is 0 Å². The Morgan fingerprint density at radius 2 is 2.00 bits per heavy atom. The molecule has 1 N–H and O–H groups in total. The van der Waals surface area contributed by atoms with Crippen LogP contribution in [0.15, 0.2) is 34.3 Å². The van der Waals surface area contributed by atoms with E-state index in [0.29, 0.717) is 0 Å². The van der Waals surface area contributed by atoms with Crippen LogP contribution in [0.25, 0.3) is 6.08 Å². The Hall–Kier alpha value is -1.09. The van der Waals surface area contributed by atoms with Crippen molar-refractivity contribution < 1.29 is 4.79 Å². The molecule has 1 aromatic rings. The zero-order valence-corrected chi connectivity index (χ0v) is 9.88. The second-order valence-electron chi connectivity index (χ2n) is 3.58. The number of halogens is 1. The van der Waals surface area contributed by atoms with Gasteiger partial charge in [0.25, 0.3) is 0 Å². The molecule has 0 aliphatic carbocycles.